The van der Waals surface area contributed by atoms with Crippen molar-refractivity contribution < 1.29 is 0 Å². The molecular formula is C10H15BrS. The summed E-state index contributed by atoms with van der Waals surface area (Å²) in [5, 5.41) is 4.38. The molecule has 0 saturated carbocycles. The fourth-order valence-electron chi connectivity index (χ4n) is 1.19. The van der Waals surface area contributed by atoms with Crippen molar-refractivity contribution in [1.82, 2.24) is 0 Å². The maximum Gasteiger partial charge on any atom is 0.0186 e. The molecule has 0 saturated heterocycles. The van der Waals surface area contributed by atoms with Gasteiger partial charge in [-0.2, -0.15) is 11.3 Å². The maximum absolute atomic E-state index is 3.70. The van der Waals surface area contributed by atoms with Crippen LogP contribution in [-0.2, 0) is 6.42 Å². The van der Waals surface area contributed by atoms with Crippen LogP contribution in [0.5, 0.6) is 0 Å². The monoisotopic (exact) mass is 246 g/mol. The Kier molecular flexibility index (Phi) is 4.93. The van der Waals surface area contributed by atoms with Crippen LogP contribution < -0.4 is 0 Å². The molecule has 1 aromatic rings. The molecule has 0 radical (unpaired) electrons. The molecule has 1 atom stereocenters. The van der Waals surface area contributed by atoms with Crippen LogP contribution >= 0.6 is 27.3 Å². The first kappa shape index (κ1) is 10.3. The van der Waals surface area contributed by atoms with E-state index >= 15 is 0 Å². The van der Waals surface area contributed by atoms with Crippen LogP contribution in [0.3, 0.4) is 0 Å². The highest BCUT2D eigenvalue weighted by Gasteiger charge is 2.04. The van der Waals surface area contributed by atoms with Gasteiger partial charge in [-0.25, -0.2) is 0 Å². The van der Waals surface area contributed by atoms with Gasteiger partial charge < -0.3 is 0 Å². The lowest BCUT2D eigenvalue weighted by Gasteiger charge is -2.06. The summed E-state index contributed by atoms with van der Waals surface area (Å²) < 4.78 is 0. The molecule has 0 fully saturated rings. The Labute approximate surface area is 87.1 Å². The second-order valence-corrected chi connectivity index (χ2v) is 5.15. The van der Waals surface area contributed by atoms with E-state index < -0.39 is 0 Å². The van der Waals surface area contributed by atoms with Gasteiger partial charge >= 0.3 is 0 Å². The maximum atomic E-state index is 3.70. The number of hydrogen-bond acceptors (Lipinski definition) is 1. The van der Waals surface area contributed by atoms with E-state index in [0.717, 1.165) is 0 Å². The fraction of sp³-hybridized carbons (Fsp3) is 0.600. The van der Waals surface area contributed by atoms with Gasteiger partial charge in [-0.05, 0) is 35.2 Å². The molecule has 0 aliphatic heterocycles. The Balaban J connectivity index is 2.22. The summed E-state index contributed by atoms with van der Waals surface area (Å²) in [6, 6.07) is 2.21. The number of rotatable bonds is 5. The minimum absolute atomic E-state index is 0.673. The van der Waals surface area contributed by atoms with Crippen molar-refractivity contribution in [1.29, 1.82) is 0 Å². The molecule has 1 aromatic heterocycles. The quantitative estimate of drug-likeness (QED) is 0.682. The van der Waals surface area contributed by atoms with Crippen molar-refractivity contribution in [3.05, 3.63) is 22.4 Å². The van der Waals surface area contributed by atoms with E-state index in [2.05, 4.69) is 39.7 Å². The summed E-state index contributed by atoms with van der Waals surface area (Å²) in [6.07, 6.45) is 5.11. The van der Waals surface area contributed by atoms with E-state index in [1.807, 2.05) is 0 Å². The Morgan fingerprint density at radius 1 is 1.58 bits per heavy atom. The molecule has 12 heavy (non-hydrogen) atoms. The van der Waals surface area contributed by atoms with E-state index in [4.69, 9.17) is 0 Å². The summed E-state index contributed by atoms with van der Waals surface area (Å²) in [7, 11) is 0. The minimum atomic E-state index is 0.673. The SMILES string of the molecule is CCCCC(Br)Cc1ccsc1. The number of thiophene rings is 1. The highest BCUT2D eigenvalue weighted by molar-refractivity contribution is 9.09. The zero-order chi connectivity index (χ0) is 8.81. The van der Waals surface area contributed by atoms with E-state index in [1.165, 1.54) is 31.2 Å². The second kappa shape index (κ2) is 5.76. The van der Waals surface area contributed by atoms with Crippen LogP contribution in [0, 0.1) is 0 Å². The zero-order valence-electron chi connectivity index (χ0n) is 7.42. The first-order valence-corrected chi connectivity index (χ1v) is 6.34. The van der Waals surface area contributed by atoms with Crippen LogP contribution in [0.25, 0.3) is 0 Å². The molecule has 0 aromatic carbocycles. The third-order valence-corrected chi connectivity index (χ3v) is 3.42. The molecule has 0 amide bonds. The van der Waals surface area contributed by atoms with Crippen molar-refractivity contribution in [2.24, 2.45) is 0 Å². The van der Waals surface area contributed by atoms with E-state index in [-0.39, 0.29) is 0 Å². The molecule has 0 N–H and O–H groups in total. The van der Waals surface area contributed by atoms with Crippen LogP contribution in [0.2, 0.25) is 0 Å². The van der Waals surface area contributed by atoms with Gasteiger partial charge in [0.1, 0.15) is 0 Å². The zero-order valence-corrected chi connectivity index (χ0v) is 9.83. The number of hydrogen-bond donors (Lipinski definition) is 0. The molecule has 0 aliphatic rings. The first-order valence-electron chi connectivity index (χ1n) is 4.48. The molecule has 1 heterocycles. The molecule has 1 rings (SSSR count). The van der Waals surface area contributed by atoms with Gasteiger partial charge in [0.15, 0.2) is 0 Å². The standard InChI is InChI=1S/C10H15BrS/c1-2-3-4-10(11)7-9-5-6-12-8-9/h5-6,8,10H,2-4,7H2,1H3. The first-order chi connectivity index (χ1) is 5.83. The predicted octanol–water partition coefficient (Wildman–Crippen LogP) is 4.24. The summed E-state index contributed by atoms with van der Waals surface area (Å²) in [4.78, 5) is 0.673. The van der Waals surface area contributed by atoms with Crippen molar-refractivity contribution in [2.45, 2.75) is 37.4 Å². The number of alkyl halides is 1. The smallest absolute Gasteiger partial charge is 0.0186 e. The largest absolute Gasteiger partial charge is 0.152 e. The van der Waals surface area contributed by atoms with E-state index in [1.54, 1.807) is 11.3 Å². The van der Waals surface area contributed by atoms with Gasteiger partial charge in [0.2, 0.25) is 0 Å². The van der Waals surface area contributed by atoms with Crippen LogP contribution in [-0.4, -0.2) is 4.83 Å². The van der Waals surface area contributed by atoms with Gasteiger partial charge in [-0.3, -0.25) is 0 Å². The summed E-state index contributed by atoms with van der Waals surface area (Å²) >= 11 is 5.49. The molecule has 2 heteroatoms. The molecular weight excluding hydrogens is 232 g/mol. The van der Waals surface area contributed by atoms with Gasteiger partial charge in [0.05, 0.1) is 0 Å². The Morgan fingerprint density at radius 2 is 2.42 bits per heavy atom. The Bertz CT molecular complexity index is 194. The number of unbranched alkanes of at least 4 members (excludes halogenated alkanes) is 1. The molecule has 0 aliphatic carbocycles. The van der Waals surface area contributed by atoms with Crippen molar-refractivity contribution in [2.75, 3.05) is 0 Å². The average Bonchev–Trinajstić information content (AvgIpc) is 2.53. The van der Waals surface area contributed by atoms with E-state index in [0.29, 0.717) is 4.83 Å². The van der Waals surface area contributed by atoms with Crippen molar-refractivity contribution in [3.63, 3.8) is 0 Å². The highest BCUT2D eigenvalue weighted by atomic mass is 79.9. The van der Waals surface area contributed by atoms with Crippen molar-refractivity contribution in [3.8, 4) is 0 Å². The van der Waals surface area contributed by atoms with E-state index in [9.17, 15) is 0 Å². The van der Waals surface area contributed by atoms with Crippen molar-refractivity contribution >= 4 is 27.3 Å². The highest BCUT2D eigenvalue weighted by Crippen LogP contribution is 2.17. The van der Waals surface area contributed by atoms with Crippen LogP contribution in [0.15, 0.2) is 16.8 Å². The topological polar surface area (TPSA) is 0 Å². The number of halogens is 1. The van der Waals surface area contributed by atoms with Crippen LogP contribution in [0.4, 0.5) is 0 Å². The third kappa shape index (κ3) is 3.72. The predicted molar refractivity (Wildman–Crippen MR) is 60.3 cm³/mol. The third-order valence-electron chi connectivity index (χ3n) is 1.91. The Morgan fingerprint density at radius 3 is 3.00 bits per heavy atom. The Hall–Kier alpha value is 0.180. The van der Waals surface area contributed by atoms with Gasteiger partial charge in [0.25, 0.3) is 0 Å². The summed E-state index contributed by atoms with van der Waals surface area (Å²) in [6.45, 7) is 2.24. The van der Waals surface area contributed by atoms with Gasteiger partial charge in [0, 0.05) is 4.83 Å². The second-order valence-electron chi connectivity index (χ2n) is 3.08. The minimum Gasteiger partial charge on any atom is -0.152 e. The van der Waals surface area contributed by atoms with Gasteiger partial charge in [-0.15, -0.1) is 0 Å². The molecule has 0 nitrogen and oxygen atoms in total. The average molecular weight is 247 g/mol. The lowest BCUT2D eigenvalue weighted by molar-refractivity contribution is 0.688. The molecule has 68 valence electrons. The normalized spacial score (nSPS) is 13.2. The van der Waals surface area contributed by atoms with Crippen LogP contribution in [0.1, 0.15) is 31.7 Å². The van der Waals surface area contributed by atoms with Gasteiger partial charge in [-0.1, -0.05) is 35.7 Å². The summed E-state index contributed by atoms with van der Waals surface area (Å²) in [5.41, 5.74) is 1.47. The molecule has 1 unspecified atom stereocenters. The lowest BCUT2D eigenvalue weighted by Crippen LogP contribution is -2.01. The summed E-state index contributed by atoms with van der Waals surface area (Å²) in [5.74, 6) is 0. The fourth-order valence-corrected chi connectivity index (χ4v) is 2.57. The molecule has 0 bridgehead atoms. The molecule has 0 spiro atoms. The lowest BCUT2D eigenvalue weighted by atomic mass is 10.1.